The van der Waals surface area contributed by atoms with Crippen molar-refractivity contribution in [3.05, 3.63) is 54.1 Å². The molecular weight excluding hydrogens is 200 g/mol. The van der Waals surface area contributed by atoms with Gasteiger partial charge in [0.2, 0.25) is 0 Å². The molecule has 0 aliphatic heterocycles. The van der Waals surface area contributed by atoms with Gasteiger partial charge in [0.15, 0.2) is 0 Å². The van der Waals surface area contributed by atoms with Gasteiger partial charge in [-0.3, -0.25) is 9.97 Å². The summed E-state index contributed by atoms with van der Waals surface area (Å²) in [5.41, 5.74) is 14.6. The Hall–Kier alpha value is -1.94. The fourth-order valence-electron chi connectivity index (χ4n) is 1.61. The Morgan fingerprint density at radius 1 is 1.12 bits per heavy atom. The average molecular weight is 214 g/mol. The van der Waals surface area contributed by atoms with Crippen LogP contribution in [0.1, 0.15) is 17.2 Å². The van der Waals surface area contributed by atoms with Crippen LogP contribution in [-0.2, 0) is 6.42 Å². The van der Waals surface area contributed by atoms with E-state index in [2.05, 4.69) is 9.97 Å². The van der Waals surface area contributed by atoms with Crippen LogP contribution in [0, 0.1) is 0 Å². The predicted molar refractivity (Wildman–Crippen MR) is 63.5 cm³/mol. The van der Waals surface area contributed by atoms with Gasteiger partial charge in [0.25, 0.3) is 0 Å². The molecule has 2 aromatic rings. The first kappa shape index (κ1) is 10.6. The van der Waals surface area contributed by atoms with Crippen molar-refractivity contribution in [3.63, 3.8) is 0 Å². The lowest BCUT2D eigenvalue weighted by atomic mass is 10.0. The zero-order valence-electron chi connectivity index (χ0n) is 8.88. The molecule has 0 aliphatic carbocycles. The van der Waals surface area contributed by atoms with E-state index in [1.54, 1.807) is 24.7 Å². The Labute approximate surface area is 94.3 Å². The van der Waals surface area contributed by atoms with Gasteiger partial charge in [-0.2, -0.15) is 0 Å². The number of nitrogen functional groups attached to an aromatic ring is 1. The average Bonchev–Trinajstić information content (AvgIpc) is 2.31. The molecule has 2 heterocycles. The number of hydrogen-bond donors (Lipinski definition) is 2. The summed E-state index contributed by atoms with van der Waals surface area (Å²) >= 11 is 0. The summed E-state index contributed by atoms with van der Waals surface area (Å²) in [6.45, 7) is 0. The largest absolute Gasteiger partial charge is 0.398 e. The lowest BCUT2D eigenvalue weighted by molar-refractivity contribution is 0.718. The van der Waals surface area contributed by atoms with Crippen LogP contribution in [0.2, 0.25) is 0 Å². The molecule has 4 N–H and O–H groups in total. The maximum Gasteiger partial charge on any atom is 0.0393 e. The molecule has 0 fully saturated rings. The van der Waals surface area contributed by atoms with Crippen LogP contribution in [0.5, 0.6) is 0 Å². The summed E-state index contributed by atoms with van der Waals surface area (Å²) in [5, 5.41) is 0. The summed E-state index contributed by atoms with van der Waals surface area (Å²) < 4.78 is 0. The molecule has 2 rings (SSSR count). The molecule has 0 aromatic carbocycles. The second kappa shape index (κ2) is 4.72. The molecule has 0 aliphatic rings. The Morgan fingerprint density at radius 2 is 1.94 bits per heavy atom. The van der Waals surface area contributed by atoms with Gasteiger partial charge in [-0.1, -0.05) is 6.07 Å². The molecule has 0 saturated carbocycles. The zero-order chi connectivity index (χ0) is 11.4. The SMILES string of the molecule is Nc1ccncc1C(N)Cc1cccnc1. The lowest BCUT2D eigenvalue weighted by Gasteiger charge is -2.13. The lowest BCUT2D eigenvalue weighted by Crippen LogP contribution is -2.15. The highest BCUT2D eigenvalue weighted by Gasteiger charge is 2.10. The van der Waals surface area contributed by atoms with Gasteiger partial charge in [-0.25, -0.2) is 0 Å². The highest BCUT2D eigenvalue weighted by molar-refractivity contribution is 5.46. The summed E-state index contributed by atoms with van der Waals surface area (Å²) in [4.78, 5) is 8.08. The highest BCUT2D eigenvalue weighted by atomic mass is 14.7. The Morgan fingerprint density at radius 3 is 2.62 bits per heavy atom. The van der Waals surface area contributed by atoms with E-state index in [-0.39, 0.29) is 6.04 Å². The molecule has 16 heavy (non-hydrogen) atoms. The molecule has 0 spiro atoms. The van der Waals surface area contributed by atoms with E-state index in [0.29, 0.717) is 12.1 Å². The second-order valence-electron chi connectivity index (χ2n) is 3.68. The monoisotopic (exact) mass is 214 g/mol. The normalized spacial score (nSPS) is 12.3. The van der Waals surface area contributed by atoms with Gasteiger partial charge in [0.05, 0.1) is 0 Å². The molecule has 2 aromatic heterocycles. The van der Waals surface area contributed by atoms with Crippen molar-refractivity contribution in [1.82, 2.24) is 9.97 Å². The third-order valence-electron chi connectivity index (χ3n) is 2.46. The number of pyridine rings is 2. The standard InChI is InChI=1S/C12H14N4/c13-11-3-5-16-8-10(11)12(14)6-9-2-1-4-15-7-9/h1-5,7-8,12H,6,14H2,(H2,13,16). The van der Waals surface area contributed by atoms with E-state index < -0.39 is 0 Å². The van der Waals surface area contributed by atoms with E-state index >= 15 is 0 Å². The Bertz CT molecular complexity index is 456. The van der Waals surface area contributed by atoms with Crippen molar-refractivity contribution in [3.8, 4) is 0 Å². The summed E-state index contributed by atoms with van der Waals surface area (Å²) in [6, 6.07) is 5.52. The number of hydrogen-bond acceptors (Lipinski definition) is 4. The van der Waals surface area contributed by atoms with E-state index in [0.717, 1.165) is 11.1 Å². The Kier molecular flexibility index (Phi) is 3.12. The third-order valence-corrected chi connectivity index (χ3v) is 2.46. The number of nitrogens with zero attached hydrogens (tertiary/aromatic N) is 2. The Balaban J connectivity index is 2.15. The minimum Gasteiger partial charge on any atom is -0.398 e. The van der Waals surface area contributed by atoms with Crippen LogP contribution in [0.4, 0.5) is 5.69 Å². The number of nitrogens with two attached hydrogens (primary N) is 2. The van der Waals surface area contributed by atoms with Crippen LogP contribution in [0.15, 0.2) is 43.0 Å². The van der Waals surface area contributed by atoms with Crippen molar-refractivity contribution < 1.29 is 0 Å². The molecular formula is C12H14N4. The van der Waals surface area contributed by atoms with Gasteiger partial charge in [-0.05, 0) is 24.1 Å². The number of anilines is 1. The van der Waals surface area contributed by atoms with Gasteiger partial charge in [0.1, 0.15) is 0 Å². The summed E-state index contributed by atoms with van der Waals surface area (Å²) in [7, 11) is 0. The molecule has 0 bridgehead atoms. The van der Waals surface area contributed by atoms with Crippen LogP contribution < -0.4 is 11.5 Å². The van der Waals surface area contributed by atoms with Gasteiger partial charge < -0.3 is 11.5 Å². The molecule has 1 atom stereocenters. The zero-order valence-corrected chi connectivity index (χ0v) is 8.88. The fourth-order valence-corrected chi connectivity index (χ4v) is 1.61. The van der Waals surface area contributed by atoms with E-state index in [1.807, 2.05) is 18.3 Å². The van der Waals surface area contributed by atoms with Crippen molar-refractivity contribution in [2.24, 2.45) is 5.73 Å². The maximum absolute atomic E-state index is 6.08. The molecule has 4 nitrogen and oxygen atoms in total. The van der Waals surface area contributed by atoms with Crippen LogP contribution >= 0.6 is 0 Å². The smallest absolute Gasteiger partial charge is 0.0393 e. The first-order chi connectivity index (χ1) is 7.77. The third kappa shape index (κ3) is 2.35. The molecule has 0 saturated heterocycles. The van der Waals surface area contributed by atoms with E-state index in [9.17, 15) is 0 Å². The van der Waals surface area contributed by atoms with Crippen molar-refractivity contribution >= 4 is 5.69 Å². The first-order valence-corrected chi connectivity index (χ1v) is 5.11. The van der Waals surface area contributed by atoms with E-state index in [4.69, 9.17) is 11.5 Å². The van der Waals surface area contributed by atoms with Crippen molar-refractivity contribution in [1.29, 1.82) is 0 Å². The maximum atomic E-state index is 6.08. The fraction of sp³-hybridized carbons (Fsp3) is 0.167. The second-order valence-corrected chi connectivity index (χ2v) is 3.68. The number of rotatable bonds is 3. The minimum absolute atomic E-state index is 0.141. The summed E-state index contributed by atoms with van der Waals surface area (Å²) in [5.74, 6) is 0. The van der Waals surface area contributed by atoms with Crippen LogP contribution in [0.25, 0.3) is 0 Å². The molecule has 82 valence electrons. The number of aromatic nitrogens is 2. The quantitative estimate of drug-likeness (QED) is 0.807. The minimum atomic E-state index is -0.141. The summed E-state index contributed by atoms with van der Waals surface area (Å²) in [6.07, 6.45) is 7.65. The predicted octanol–water partition coefficient (Wildman–Crippen LogP) is 1.30. The first-order valence-electron chi connectivity index (χ1n) is 5.11. The highest BCUT2D eigenvalue weighted by Crippen LogP contribution is 2.19. The molecule has 4 heteroatoms. The molecule has 0 radical (unpaired) electrons. The van der Waals surface area contributed by atoms with Crippen LogP contribution in [0.3, 0.4) is 0 Å². The van der Waals surface area contributed by atoms with Gasteiger partial charge in [0, 0.05) is 42.1 Å². The van der Waals surface area contributed by atoms with Gasteiger partial charge >= 0.3 is 0 Å². The van der Waals surface area contributed by atoms with Crippen molar-refractivity contribution in [2.45, 2.75) is 12.5 Å². The molecule has 1 unspecified atom stereocenters. The van der Waals surface area contributed by atoms with Crippen molar-refractivity contribution in [2.75, 3.05) is 5.73 Å². The van der Waals surface area contributed by atoms with Gasteiger partial charge in [-0.15, -0.1) is 0 Å². The van der Waals surface area contributed by atoms with E-state index in [1.165, 1.54) is 0 Å². The topological polar surface area (TPSA) is 77.8 Å². The van der Waals surface area contributed by atoms with Crippen LogP contribution in [-0.4, -0.2) is 9.97 Å². The molecule has 0 amide bonds.